The van der Waals surface area contributed by atoms with Crippen molar-refractivity contribution in [2.75, 3.05) is 13.2 Å². The smallest absolute Gasteiger partial charge is 0.0816 e. The lowest BCUT2D eigenvalue weighted by Crippen LogP contribution is -2.25. The summed E-state index contributed by atoms with van der Waals surface area (Å²) in [6.45, 7) is 8.89. The monoisotopic (exact) mass is 242 g/mol. The maximum atomic E-state index is 9.65. The summed E-state index contributed by atoms with van der Waals surface area (Å²) < 4.78 is 11.3. The second kappa shape index (κ2) is 7.14. The Bertz CT molecular complexity index is 226. The van der Waals surface area contributed by atoms with E-state index in [4.69, 9.17) is 9.47 Å². The third-order valence-corrected chi connectivity index (χ3v) is 3.11. The minimum absolute atomic E-state index is 0.00337. The van der Waals surface area contributed by atoms with Crippen LogP contribution in [0.2, 0.25) is 0 Å². The topological polar surface area (TPSA) is 38.7 Å². The molecule has 1 heterocycles. The van der Waals surface area contributed by atoms with Crippen molar-refractivity contribution in [3.63, 3.8) is 0 Å². The first-order valence-corrected chi connectivity index (χ1v) is 6.58. The Kier molecular flexibility index (Phi) is 6.17. The molecule has 1 aliphatic heterocycles. The molecule has 3 nitrogen and oxygen atoms in total. The van der Waals surface area contributed by atoms with Crippen molar-refractivity contribution in [1.29, 1.82) is 0 Å². The normalized spacial score (nSPS) is 24.8. The summed E-state index contributed by atoms with van der Waals surface area (Å²) in [7, 11) is 0. The van der Waals surface area contributed by atoms with Gasteiger partial charge in [-0.05, 0) is 46.0 Å². The van der Waals surface area contributed by atoms with Crippen molar-refractivity contribution in [2.45, 2.75) is 63.8 Å². The lowest BCUT2D eigenvalue weighted by Gasteiger charge is -2.19. The number of hydrogen-bond donors (Lipinski definition) is 1. The van der Waals surface area contributed by atoms with Gasteiger partial charge in [0.25, 0.3) is 0 Å². The Labute approximate surface area is 105 Å². The summed E-state index contributed by atoms with van der Waals surface area (Å²) in [6, 6.07) is 0. The molecule has 2 unspecified atom stereocenters. The second-order valence-corrected chi connectivity index (χ2v) is 5.45. The zero-order chi connectivity index (χ0) is 12.7. The minimum atomic E-state index is -0.357. The second-order valence-electron chi connectivity index (χ2n) is 5.45. The number of aliphatic hydroxyl groups is 1. The first-order chi connectivity index (χ1) is 8.03. The van der Waals surface area contributed by atoms with Crippen molar-refractivity contribution < 1.29 is 14.6 Å². The average molecular weight is 242 g/mol. The first kappa shape index (κ1) is 14.7. The summed E-state index contributed by atoms with van der Waals surface area (Å²) in [4.78, 5) is 0. The summed E-state index contributed by atoms with van der Waals surface area (Å²) in [5, 5.41) is 9.65. The third-order valence-electron chi connectivity index (χ3n) is 3.11. The summed E-state index contributed by atoms with van der Waals surface area (Å²) >= 11 is 0. The summed E-state index contributed by atoms with van der Waals surface area (Å²) in [5.74, 6) is 0. The summed E-state index contributed by atoms with van der Waals surface area (Å²) in [6.07, 6.45) is 6.57. The molecule has 0 saturated carbocycles. The van der Waals surface area contributed by atoms with E-state index in [-0.39, 0.29) is 17.8 Å². The zero-order valence-corrected chi connectivity index (χ0v) is 11.2. The maximum absolute atomic E-state index is 9.65. The van der Waals surface area contributed by atoms with Gasteiger partial charge in [0.1, 0.15) is 0 Å². The number of allylic oxidation sites excluding steroid dienone is 1. The van der Waals surface area contributed by atoms with Gasteiger partial charge in [0.15, 0.2) is 0 Å². The Balaban J connectivity index is 2.02. The van der Waals surface area contributed by atoms with E-state index in [0.29, 0.717) is 13.2 Å². The number of rotatable bonds is 8. The molecule has 100 valence electrons. The first-order valence-electron chi connectivity index (χ1n) is 6.58. The van der Waals surface area contributed by atoms with Crippen LogP contribution in [0.1, 0.15) is 46.0 Å². The van der Waals surface area contributed by atoms with Crippen LogP contribution in [0.5, 0.6) is 0 Å². The van der Waals surface area contributed by atoms with Gasteiger partial charge in [0.05, 0.1) is 31.0 Å². The largest absolute Gasteiger partial charge is 0.391 e. The van der Waals surface area contributed by atoms with Crippen molar-refractivity contribution in [3.8, 4) is 0 Å². The molecule has 2 atom stereocenters. The molecule has 1 rings (SSSR count). The zero-order valence-electron chi connectivity index (χ0n) is 11.2. The van der Waals surface area contributed by atoms with E-state index < -0.39 is 0 Å². The standard InChI is InChI=1S/C14H26O3/c1-4-5-6-7-12(15)10-16-11-13-8-9-14(2,3)17-13/h4,12-13,15H,1,5-11H2,2-3H3. The molecule has 3 heteroatoms. The number of unbranched alkanes of at least 4 members (excludes halogenated alkanes) is 1. The van der Waals surface area contributed by atoms with Gasteiger partial charge in [-0.2, -0.15) is 0 Å². The van der Waals surface area contributed by atoms with Crippen LogP contribution in [0.4, 0.5) is 0 Å². The Morgan fingerprint density at radius 3 is 2.94 bits per heavy atom. The van der Waals surface area contributed by atoms with Gasteiger partial charge >= 0.3 is 0 Å². The van der Waals surface area contributed by atoms with E-state index in [1.807, 2.05) is 6.08 Å². The van der Waals surface area contributed by atoms with Crippen LogP contribution >= 0.6 is 0 Å². The third kappa shape index (κ3) is 6.20. The molecule has 0 radical (unpaired) electrons. The molecule has 1 saturated heterocycles. The Morgan fingerprint density at radius 2 is 2.35 bits per heavy atom. The molecular formula is C14H26O3. The molecular weight excluding hydrogens is 216 g/mol. The quantitative estimate of drug-likeness (QED) is 0.525. The number of hydrogen-bond acceptors (Lipinski definition) is 3. The molecule has 0 aromatic carbocycles. The minimum Gasteiger partial charge on any atom is -0.391 e. The molecule has 1 aliphatic rings. The van der Waals surface area contributed by atoms with Crippen LogP contribution in [-0.4, -0.2) is 36.1 Å². The van der Waals surface area contributed by atoms with Gasteiger partial charge in [0.2, 0.25) is 0 Å². The number of ether oxygens (including phenoxy) is 2. The molecule has 0 aliphatic carbocycles. The fourth-order valence-electron chi connectivity index (χ4n) is 2.11. The van der Waals surface area contributed by atoms with Gasteiger partial charge in [-0.3, -0.25) is 0 Å². The van der Waals surface area contributed by atoms with E-state index in [9.17, 15) is 5.11 Å². The van der Waals surface area contributed by atoms with Gasteiger partial charge in [-0.1, -0.05) is 6.08 Å². The van der Waals surface area contributed by atoms with Crippen molar-refractivity contribution in [1.82, 2.24) is 0 Å². The van der Waals surface area contributed by atoms with Crippen LogP contribution in [0, 0.1) is 0 Å². The van der Waals surface area contributed by atoms with Crippen molar-refractivity contribution >= 4 is 0 Å². The molecule has 0 spiro atoms. The van der Waals surface area contributed by atoms with Crippen LogP contribution in [0.25, 0.3) is 0 Å². The lowest BCUT2D eigenvalue weighted by molar-refractivity contribution is -0.0656. The van der Waals surface area contributed by atoms with Crippen LogP contribution in [0.15, 0.2) is 12.7 Å². The van der Waals surface area contributed by atoms with E-state index >= 15 is 0 Å². The van der Waals surface area contributed by atoms with Gasteiger partial charge in [-0.25, -0.2) is 0 Å². The lowest BCUT2D eigenvalue weighted by atomic mass is 10.1. The van der Waals surface area contributed by atoms with E-state index in [0.717, 1.165) is 32.1 Å². The maximum Gasteiger partial charge on any atom is 0.0816 e. The number of aliphatic hydroxyl groups excluding tert-OH is 1. The predicted octanol–water partition coefficient (Wildman–Crippen LogP) is 2.68. The van der Waals surface area contributed by atoms with E-state index in [1.165, 1.54) is 0 Å². The molecule has 1 N–H and O–H groups in total. The van der Waals surface area contributed by atoms with Crippen LogP contribution in [-0.2, 0) is 9.47 Å². The SMILES string of the molecule is C=CCCCC(O)COCC1CCC(C)(C)O1. The van der Waals surface area contributed by atoms with Crippen LogP contribution in [0.3, 0.4) is 0 Å². The van der Waals surface area contributed by atoms with E-state index in [1.54, 1.807) is 0 Å². The highest BCUT2D eigenvalue weighted by atomic mass is 16.6. The molecule has 0 aromatic rings. The molecule has 0 amide bonds. The van der Waals surface area contributed by atoms with Gasteiger partial charge in [-0.15, -0.1) is 6.58 Å². The Morgan fingerprint density at radius 1 is 1.59 bits per heavy atom. The summed E-state index contributed by atoms with van der Waals surface area (Å²) in [5.41, 5.74) is -0.00337. The van der Waals surface area contributed by atoms with Gasteiger partial charge < -0.3 is 14.6 Å². The van der Waals surface area contributed by atoms with E-state index in [2.05, 4.69) is 20.4 Å². The highest BCUT2D eigenvalue weighted by molar-refractivity contribution is 4.80. The van der Waals surface area contributed by atoms with Gasteiger partial charge in [0, 0.05) is 0 Å². The Hall–Kier alpha value is -0.380. The molecule has 0 bridgehead atoms. The molecule has 0 aromatic heterocycles. The van der Waals surface area contributed by atoms with Crippen LogP contribution < -0.4 is 0 Å². The van der Waals surface area contributed by atoms with Crippen molar-refractivity contribution in [2.24, 2.45) is 0 Å². The highest BCUT2D eigenvalue weighted by Gasteiger charge is 2.31. The van der Waals surface area contributed by atoms with Crippen molar-refractivity contribution in [3.05, 3.63) is 12.7 Å². The predicted molar refractivity (Wildman–Crippen MR) is 69.1 cm³/mol. The molecule has 17 heavy (non-hydrogen) atoms. The fraction of sp³-hybridized carbons (Fsp3) is 0.857. The average Bonchev–Trinajstić information content (AvgIpc) is 2.59. The molecule has 1 fully saturated rings. The fourth-order valence-corrected chi connectivity index (χ4v) is 2.11. The highest BCUT2D eigenvalue weighted by Crippen LogP contribution is 2.29.